The van der Waals surface area contributed by atoms with Crippen LogP contribution in [-0.4, -0.2) is 40.6 Å². The molecule has 1 N–H and O–H groups in total. The minimum absolute atomic E-state index is 0.136. The maximum Gasteiger partial charge on any atom is 0.410 e. The van der Waals surface area contributed by atoms with Gasteiger partial charge in [-0.25, -0.2) is 4.79 Å². The molecular weight excluding hydrogens is 430 g/mol. The third-order valence-electron chi connectivity index (χ3n) is 5.51. The monoisotopic (exact) mass is 459 g/mol. The molecule has 0 saturated carbocycles. The Bertz CT molecular complexity index is 1130. The molecule has 7 heteroatoms. The first kappa shape index (κ1) is 23.3. The van der Waals surface area contributed by atoms with Crippen molar-refractivity contribution >= 4 is 17.7 Å². The van der Waals surface area contributed by atoms with Crippen molar-refractivity contribution in [2.24, 2.45) is 5.92 Å². The molecule has 2 atom stereocenters. The van der Waals surface area contributed by atoms with Crippen LogP contribution < -0.4 is 10.1 Å². The predicted molar refractivity (Wildman–Crippen MR) is 130 cm³/mol. The summed E-state index contributed by atoms with van der Waals surface area (Å²) < 4.78 is 11.4. The fourth-order valence-electron chi connectivity index (χ4n) is 4.00. The van der Waals surface area contributed by atoms with E-state index in [9.17, 15) is 9.59 Å². The van der Waals surface area contributed by atoms with E-state index in [-0.39, 0.29) is 18.4 Å². The van der Waals surface area contributed by atoms with Gasteiger partial charge >= 0.3 is 6.09 Å². The SMILES string of the molecule is CC(C)(C)OC(=O)N1C[C@@H](C(=O)Nc2cccc(Oc3cccnc3)c2)[C@H](c2ccccc2)C1. The van der Waals surface area contributed by atoms with E-state index in [0.29, 0.717) is 23.7 Å². The number of likely N-dealkylation sites (tertiary alicyclic amines) is 1. The number of benzene rings is 2. The Morgan fingerprint density at radius 1 is 0.971 bits per heavy atom. The zero-order valence-corrected chi connectivity index (χ0v) is 19.6. The summed E-state index contributed by atoms with van der Waals surface area (Å²) in [6, 6.07) is 20.6. The van der Waals surface area contributed by atoms with Crippen molar-refractivity contribution in [3.8, 4) is 11.5 Å². The highest BCUT2D eigenvalue weighted by molar-refractivity contribution is 5.94. The van der Waals surface area contributed by atoms with Gasteiger partial charge in [-0.1, -0.05) is 36.4 Å². The predicted octanol–water partition coefficient (Wildman–Crippen LogP) is 5.46. The molecule has 34 heavy (non-hydrogen) atoms. The van der Waals surface area contributed by atoms with Gasteiger partial charge in [-0.15, -0.1) is 0 Å². The molecule has 1 aromatic heterocycles. The molecule has 3 aromatic rings. The van der Waals surface area contributed by atoms with Crippen LogP contribution in [0, 0.1) is 5.92 Å². The van der Waals surface area contributed by atoms with Crippen molar-refractivity contribution in [1.29, 1.82) is 0 Å². The molecule has 0 radical (unpaired) electrons. The summed E-state index contributed by atoms with van der Waals surface area (Å²) in [7, 11) is 0. The van der Waals surface area contributed by atoms with E-state index in [1.165, 1.54) is 0 Å². The van der Waals surface area contributed by atoms with Gasteiger partial charge in [-0.2, -0.15) is 0 Å². The van der Waals surface area contributed by atoms with Crippen LogP contribution in [0.15, 0.2) is 79.1 Å². The maximum atomic E-state index is 13.4. The van der Waals surface area contributed by atoms with E-state index in [0.717, 1.165) is 5.56 Å². The van der Waals surface area contributed by atoms with E-state index in [1.54, 1.807) is 29.4 Å². The van der Waals surface area contributed by atoms with E-state index < -0.39 is 17.6 Å². The van der Waals surface area contributed by atoms with Gasteiger partial charge in [0.25, 0.3) is 0 Å². The molecule has 0 aliphatic carbocycles. The molecule has 2 aromatic carbocycles. The van der Waals surface area contributed by atoms with Crippen molar-refractivity contribution in [1.82, 2.24) is 9.88 Å². The lowest BCUT2D eigenvalue weighted by atomic mass is 9.88. The van der Waals surface area contributed by atoms with Gasteiger partial charge in [-0.05, 0) is 50.6 Å². The molecule has 4 rings (SSSR count). The van der Waals surface area contributed by atoms with Crippen LogP contribution in [0.2, 0.25) is 0 Å². The second-order valence-corrected chi connectivity index (χ2v) is 9.32. The van der Waals surface area contributed by atoms with Gasteiger partial charge in [-0.3, -0.25) is 9.78 Å². The molecule has 1 saturated heterocycles. The fraction of sp³-hybridized carbons (Fsp3) is 0.296. The van der Waals surface area contributed by atoms with E-state index in [4.69, 9.17) is 9.47 Å². The summed E-state index contributed by atoms with van der Waals surface area (Å²) in [6.07, 6.45) is 2.89. The van der Waals surface area contributed by atoms with Gasteiger partial charge in [0, 0.05) is 37.0 Å². The first-order chi connectivity index (χ1) is 16.3. The first-order valence-electron chi connectivity index (χ1n) is 11.3. The van der Waals surface area contributed by atoms with Gasteiger partial charge in [0.15, 0.2) is 0 Å². The number of anilines is 1. The highest BCUT2D eigenvalue weighted by atomic mass is 16.6. The number of pyridine rings is 1. The Morgan fingerprint density at radius 3 is 2.44 bits per heavy atom. The summed E-state index contributed by atoms with van der Waals surface area (Å²) in [5.41, 5.74) is 1.03. The molecule has 0 spiro atoms. The van der Waals surface area contributed by atoms with Crippen LogP contribution in [0.5, 0.6) is 11.5 Å². The molecule has 2 amide bonds. The van der Waals surface area contributed by atoms with Crippen molar-refractivity contribution in [2.45, 2.75) is 32.3 Å². The van der Waals surface area contributed by atoms with Gasteiger partial charge < -0.3 is 19.7 Å². The van der Waals surface area contributed by atoms with Crippen LogP contribution >= 0.6 is 0 Å². The van der Waals surface area contributed by atoms with E-state index in [2.05, 4.69) is 10.3 Å². The smallest absolute Gasteiger partial charge is 0.410 e. The summed E-state index contributed by atoms with van der Waals surface area (Å²) in [4.78, 5) is 31.8. The fourth-order valence-corrected chi connectivity index (χ4v) is 4.00. The highest BCUT2D eigenvalue weighted by Gasteiger charge is 2.41. The van der Waals surface area contributed by atoms with Crippen molar-refractivity contribution in [3.05, 3.63) is 84.7 Å². The number of carbonyl (C=O) groups is 2. The maximum absolute atomic E-state index is 13.4. The normalized spacial score (nSPS) is 17.8. The number of nitrogens with zero attached hydrogens (tertiary/aromatic N) is 2. The Balaban J connectivity index is 1.51. The number of amides is 2. The number of carbonyl (C=O) groups excluding carboxylic acids is 2. The Kier molecular flexibility index (Phi) is 6.82. The Morgan fingerprint density at radius 2 is 1.74 bits per heavy atom. The number of hydrogen-bond donors (Lipinski definition) is 1. The standard InChI is InChI=1S/C27H29N3O4/c1-27(2,3)34-26(32)30-17-23(19-9-5-4-6-10-19)24(18-30)25(31)29-20-11-7-12-21(15-20)33-22-13-8-14-28-16-22/h4-16,23-24H,17-18H2,1-3H3,(H,29,31)/t23-,24+/m0/s1. The Labute approximate surface area is 199 Å². The zero-order chi connectivity index (χ0) is 24.1. The number of rotatable bonds is 5. The van der Waals surface area contributed by atoms with Crippen LogP contribution in [0.3, 0.4) is 0 Å². The highest BCUT2D eigenvalue weighted by Crippen LogP contribution is 2.35. The minimum Gasteiger partial charge on any atom is -0.456 e. The molecule has 0 bridgehead atoms. The first-order valence-corrected chi connectivity index (χ1v) is 11.3. The third kappa shape index (κ3) is 5.92. The second kappa shape index (κ2) is 9.95. The zero-order valence-electron chi connectivity index (χ0n) is 19.6. The average molecular weight is 460 g/mol. The molecule has 1 aliphatic heterocycles. The number of aromatic nitrogens is 1. The molecule has 7 nitrogen and oxygen atoms in total. The Hall–Kier alpha value is -3.87. The number of ether oxygens (including phenoxy) is 2. The second-order valence-electron chi connectivity index (χ2n) is 9.32. The molecular formula is C27H29N3O4. The average Bonchev–Trinajstić information content (AvgIpc) is 3.26. The van der Waals surface area contributed by atoms with E-state index >= 15 is 0 Å². The summed E-state index contributed by atoms with van der Waals surface area (Å²) in [6.45, 7) is 6.20. The molecule has 2 heterocycles. The lowest BCUT2D eigenvalue weighted by molar-refractivity contribution is -0.119. The van der Waals surface area contributed by atoms with Crippen molar-refractivity contribution in [2.75, 3.05) is 18.4 Å². The van der Waals surface area contributed by atoms with Gasteiger partial charge in [0.2, 0.25) is 5.91 Å². The van der Waals surface area contributed by atoms with Crippen LogP contribution in [0.1, 0.15) is 32.3 Å². The lowest BCUT2D eigenvalue weighted by Crippen LogP contribution is -2.36. The van der Waals surface area contributed by atoms with Crippen molar-refractivity contribution in [3.63, 3.8) is 0 Å². The van der Waals surface area contributed by atoms with Gasteiger partial charge in [0.1, 0.15) is 17.1 Å². The minimum atomic E-state index is -0.603. The van der Waals surface area contributed by atoms with Gasteiger partial charge in [0.05, 0.1) is 12.1 Å². The topological polar surface area (TPSA) is 80.8 Å². The van der Waals surface area contributed by atoms with Crippen LogP contribution in [0.4, 0.5) is 10.5 Å². The van der Waals surface area contributed by atoms with Crippen LogP contribution in [-0.2, 0) is 9.53 Å². The molecule has 1 fully saturated rings. The molecule has 176 valence electrons. The summed E-state index contributed by atoms with van der Waals surface area (Å²) in [5, 5.41) is 3.00. The number of hydrogen-bond acceptors (Lipinski definition) is 5. The summed E-state index contributed by atoms with van der Waals surface area (Å²) >= 11 is 0. The number of nitrogens with one attached hydrogen (secondary N) is 1. The van der Waals surface area contributed by atoms with E-state index in [1.807, 2.05) is 75.4 Å². The third-order valence-corrected chi connectivity index (χ3v) is 5.51. The molecule has 1 aliphatic rings. The van der Waals surface area contributed by atoms with Crippen molar-refractivity contribution < 1.29 is 19.1 Å². The molecule has 0 unspecified atom stereocenters. The largest absolute Gasteiger partial charge is 0.456 e. The quantitative estimate of drug-likeness (QED) is 0.548. The van der Waals surface area contributed by atoms with Crippen LogP contribution in [0.25, 0.3) is 0 Å². The lowest BCUT2D eigenvalue weighted by Gasteiger charge is -2.24. The summed E-state index contributed by atoms with van der Waals surface area (Å²) in [5.74, 6) is 0.492.